The summed E-state index contributed by atoms with van der Waals surface area (Å²) in [5.74, 6) is -0.210. The van der Waals surface area contributed by atoms with E-state index in [4.69, 9.17) is 11.6 Å². The molecule has 7 heteroatoms. The molecule has 25 heavy (non-hydrogen) atoms. The maximum Gasteiger partial charge on any atom is 0.271 e. The van der Waals surface area contributed by atoms with Crippen LogP contribution in [0.25, 0.3) is 0 Å². The predicted octanol–water partition coefficient (Wildman–Crippen LogP) is 3.75. The molecule has 0 atom stereocenters. The van der Waals surface area contributed by atoms with Gasteiger partial charge in [0.05, 0.1) is 22.2 Å². The molecule has 2 rings (SSSR count). The molecular weight excluding hydrogens is 342 g/mol. The van der Waals surface area contributed by atoms with E-state index in [1.54, 1.807) is 0 Å². The molecule has 0 spiro atoms. The first-order valence-electron chi connectivity index (χ1n) is 7.92. The van der Waals surface area contributed by atoms with Crippen LogP contribution < -0.4 is 5.32 Å². The van der Waals surface area contributed by atoms with Gasteiger partial charge < -0.3 is 5.32 Å². The quantitative estimate of drug-likeness (QED) is 0.574. The summed E-state index contributed by atoms with van der Waals surface area (Å²) in [6.07, 6.45) is 1.91. The normalized spacial score (nSPS) is 10.7. The van der Waals surface area contributed by atoms with Crippen molar-refractivity contribution < 1.29 is 9.72 Å². The number of nitrogens with zero attached hydrogens (tertiary/aromatic N) is 2. The van der Waals surface area contributed by atoms with E-state index in [0.29, 0.717) is 5.69 Å². The fraction of sp³-hybridized carbons (Fsp3) is 0.278. The van der Waals surface area contributed by atoms with Crippen molar-refractivity contribution >= 4 is 28.9 Å². The van der Waals surface area contributed by atoms with E-state index in [-0.39, 0.29) is 23.2 Å². The van der Waals surface area contributed by atoms with Gasteiger partial charge in [-0.05, 0) is 38.1 Å². The Morgan fingerprint density at radius 2 is 1.96 bits per heavy atom. The number of non-ortho nitro benzene ring substituents is 1. The molecule has 6 nitrogen and oxygen atoms in total. The number of nitro benzene ring substituents is 1. The molecule has 2 aromatic rings. The number of hydrogen-bond acceptors (Lipinski definition) is 4. The van der Waals surface area contributed by atoms with Crippen molar-refractivity contribution in [3.63, 3.8) is 0 Å². The number of aryl methyl sites for hydroxylation is 1. The molecule has 1 amide bonds. The molecular formula is C18H20ClN3O3. The molecule has 2 aromatic carbocycles. The molecule has 0 saturated heterocycles. The Hall–Kier alpha value is -2.44. The third kappa shape index (κ3) is 6.17. The largest absolute Gasteiger partial charge is 0.324 e. The van der Waals surface area contributed by atoms with Gasteiger partial charge in [-0.1, -0.05) is 41.9 Å². The molecule has 0 fully saturated rings. The minimum absolute atomic E-state index is 0.110. The van der Waals surface area contributed by atoms with Crippen LogP contribution in [0.1, 0.15) is 12.0 Å². The summed E-state index contributed by atoms with van der Waals surface area (Å²) in [5.41, 5.74) is 1.54. The van der Waals surface area contributed by atoms with Gasteiger partial charge in [-0.15, -0.1) is 0 Å². The number of carbonyl (C=O) groups excluding carboxylic acids is 1. The molecule has 0 aliphatic heterocycles. The van der Waals surface area contributed by atoms with Gasteiger partial charge in [0.25, 0.3) is 5.69 Å². The molecule has 0 radical (unpaired) electrons. The number of benzene rings is 2. The summed E-state index contributed by atoms with van der Waals surface area (Å²) in [7, 11) is 1.88. The van der Waals surface area contributed by atoms with Gasteiger partial charge >= 0.3 is 0 Å². The van der Waals surface area contributed by atoms with Crippen LogP contribution in [0.15, 0.2) is 48.5 Å². The number of nitrogens with one attached hydrogen (secondary N) is 1. The van der Waals surface area contributed by atoms with Crippen LogP contribution >= 0.6 is 11.6 Å². The van der Waals surface area contributed by atoms with Crippen molar-refractivity contribution in [2.45, 2.75) is 12.8 Å². The Labute approximate surface area is 151 Å². The van der Waals surface area contributed by atoms with Crippen LogP contribution in [0.5, 0.6) is 0 Å². The minimum atomic E-state index is -0.530. The van der Waals surface area contributed by atoms with Gasteiger partial charge in [-0.2, -0.15) is 0 Å². The van der Waals surface area contributed by atoms with Crippen LogP contribution in [0.2, 0.25) is 5.02 Å². The number of nitro groups is 1. The van der Waals surface area contributed by atoms with Crippen LogP contribution in [-0.2, 0) is 11.2 Å². The highest BCUT2D eigenvalue weighted by Gasteiger charge is 2.12. The number of anilines is 1. The second-order valence-corrected chi connectivity index (χ2v) is 6.20. The fourth-order valence-corrected chi connectivity index (χ4v) is 2.65. The van der Waals surface area contributed by atoms with E-state index >= 15 is 0 Å². The summed E-state index contributed by atoms with van der Waals surface area (Å²) in [4.78, 5) is 24.2. The zero-order valence-corrected chi connectivity index (χ0v) is 14.7. The third-order valence-corrected chi connectivity index (χ3v) is 4.01. The molecule has 0 bridgehead atoms. The maximum atomic E-state index is 12.1. The molecule has 0 heterocycles. The summed E-state index contributed by atoms with van der Waals surface area (Å²) in [5, 5.41) is 13.5. The minimum Gasteiger partial charge on any atom is -0.324 e. The van der Waals surface area contributed by atoms with E-state index < -0.39 is 4.92 Å². The Balaban J connectivity index is 1.78. The van der Waals surface area contributed by atoms with Crippen molar-refractivity contribution in [3.05, 3.63) is 69.2 Å². The van der Waals surface area contributed by atoms with Crippen LogP contribution in [0, 0.1) is 10.1 Å². The number of halogens is 1. The smallest absolute Gasteiger partial charge is 0.271 e. The van der Waals surface area contributed by atoms with Crippen molar-refractivity contribution in [3.8, 4) is 0 Å². The van der Waals surface area contributed by atoms with E-state index in [1.165, 1.54) is 23.8 Å². The van der Waals surface area contributed by atoms with Crippen molar-refractivity contribution in [2.75, 3.05) is 25.5 Å². The lowest BCUT2D eigenvalue weighted by atomic mass is 10.1. The highest BCUT2D eigenvalue weighted by molar-refractivity contribution is 6.34. The van der Waals surface area contributed by atoms with Crippen LogP contribution in [0.3, 0.4) is 0 Å². The number of amides is 1. The lowest BCUT2D eigenvalue weighted by Crippen LogP contribution is -2.31. The zero-order chi connectivity index (χ0) is 18.2. The number of hydrogen-bond donors (Lipinski definition) is 1. The second-order valence-electron chi connectivity index (χ2n) is 5.80. The fourth-order valence-electron chi connectivity index (χ4n) is 2.43. The van der Waals surface area contributed by atoms with Gasteiger partial charge in [-0.3, -0.25) is 19.8 Å². The van der Waals surface area contributed by atoms with Gasteiger partial charge in [0.2, 0.25) is 5.91 Å². The first-order chi connectivity index (χ1) is 12.0. The van der Waals surface area contributed by atoms with E-state index in [0.717, 1.165) is 19.4 Å². The Morgan fingerprint density at radius 1 is 1.24 bits per heavy atom. The first-order valence-corrected chi connectivity index (χ1v) is 8.30. The zero-order valence-electron chi connectivity index (χ0n) is 13.9. The lowest BCUT2D eigenvalue weighted by Gasteiger charge is -2.16. The van der Waals surface area contributed by atoms with Gasteiger partial charge in [-0.25, -0.2) is 0 Å². The molecule has 1 N–H and O–H groups in total. The predicted molar refractivity (Wildman–Crippen MR) is 99.0 cm³/mol. The topological polar surface area (TPSA) is 75.5 Å². The van der Waals surface area contributed by atoms with Crippen LogP contribution in [-0.4, -0.2) is 35.9 Å². The molecule has 0 unspecified atom stereocenters. The summed E-state index contributed by atoms with van der Waals surface area (Å²) in [6.45, 7) is 1.01. The average molecular weight is 362 g/mol. The monoisotopic (exact) mass is 361 g/mol. The summed E-state index contributed by atoms with van der Waals surface area (Å²) < 4.78 is 0. The Kier molecular flexibility index (Phi) is 6.91. The number of carbonyl (C=O) groups is 1. The third-order valence-electron chi connectivity index (χ3n) is 3.70. The molecule has 0 aliphatic carbocycles. The van der Waals surface area contributed by atoms with Crippen LogP contribution in [0.4, 0.5) is 11.4 Å². The van der Waals surface area contributed by atoms with Gasteiger partial charge in [0.1, 0.15) is 0 Å². The SMILES string of the molecule is CN(CCCc1ccccc1)CC(=O)Nc1ccc([N+](=O)[O-])cc1Cl. The number of rotatable bonds is 8. The standard InChI is InChI=1S/C18H20ClN3O3/c1-21(11-5-8-14-6-3-2-4-7-14)13-18(23)20-17-10-9-15(22(24)25)12-16(17)19/h2-4,6-7,9-10,12H,5,8,11,13H2,1H3,(H,20,23). The van der Waals surface area contributed by atoms with E-state index in [2.05, 4.69) is 17.4 Å². The van der Waals surface area contributed by atoms with Crippen molar-refractivity contribution in [2.24, 2.45) is 0 Å². The molecule has 0 aliphatic rings. The highest BCUT2D eigenvalue weighted by atomic mass is 35.5. The molecule has 0 aromatic heterocycles. The summed E-state index contributed by atoms with van der Waals surface area (Å²) in [6, 6.07) is 14.2. The van der Waals surface area contributed by atoms with Gasteiger partial charge in [0.15, 0.2) is 0 Å². The Bertz CT molecular complexity index is 738. The molecule has 132 valence electrons. The second kappa shape index (κ2) is 9.15. The van der Waals surface area contributed by atoms with Crippen molar-refractivity contribution in [1.29, 1.82) is 0 Å². The Morgan fingerprint density at radius 3 is 2.60 bits per heavy atom. The number of likely N-dealkylation sites (N-methyl/N-ethyl adjacent to an activating group) is 1. The van der Waals surface area contributed by atoms with E-state index in [9.17, 15) is 14.9 Å². The van der Waals surface area contributed by atoms with E-state index in [1.807, 2.05) is 30.1 Å². The maximum absolute atomic E-state index is 12.1. The van der Waals surface area contributed by atoms with Gasteiger partial charge in [0, 0.05) is 12.1 Å². The molecule has 0 saturated carbocycles. The average Bonchev–Trinajstić information content (AvgIpc) is 2.57. The first kappa shape index (κ1) is 18.9. The van der Waals surface area contributed by atoms with Crippen molar-refractivity contribution in [1.82, 2.24) is 4.90 Å². The summed E-state index contributed by atoms with van der Waals surface area (Å²) >= 11 is 5.97. The highest BCUT2D eigenvalue weighted by Crippen LogP contribution is 2.26. The lowest BCUT2D eigenvalue weighted by molar-refractivity contribution is -0.384.